The monoisotopic (exact) mass is 275 g/mol. The first-order valence-electron chi connectivity index (χ1n) is 7.38. The minimum atomic E-state index is -0.671. The number of aliphatic carboxylic acids is 1. The number of benzene rings is 1. The maximum Gasteiger partial charge on any atom is 0.310 e. The molecule has 2 unspecified atom stereocenters. The van der Waals surface area contributed by atoms with Crippen molar-refractivity contribution in [2.24, 2.45) is 5.41 Å². The molecule has 0 aliphatic carbocycles. The third-order valence-electron chi connectivity index (χ3n) is 4.67. The molecule has 2 atom stereocenters. The number of hydrogen-bond donors (Lipinski definition) is 1. The molecule has 1 N–H and O–H groups in total. The van der Waals surface area contributed by atoms with Crippen LogP contribution < -0.4 is 0 Å². The van der Waals surface area contributed by atoms with Crippen LogP contribution in [-0.4, -0.2) is 29.1 Å². The lowest BCUT2D eigenvalue weighted by Gasteiger charge is -2.41. The average molecular weight is 275 g/mol. The number of nitrogens with zero attached hydrogens (tertiary/aromatic N) is 1. The van der Waals surface area contributed by atoms with E-state index in [4.69, 9.17) is 0 Å². The van der Waals surface area contributed by atoms with E-state index in [1.165, 1.54) is 16.7 Å². The highest BCUT2D eigenvalue weighted by molar-refractivity contribution is 5.74. The van der Waals surface area contributed by atoms with Gasteiger partial charge in [-0.15, -0.1) is 0 Å². The summed E-state index contributed by atoms with van der Waals surface area (Å²) in [5, 5.41) is 9.43. The first kappa shape index (κ1) is 15.0. The molecule has 2 rings (SSSR count). The van der Waals surface area contributed by atoms with Crippen molar-refractivity contribution >= 4 is 5.97 Å². The highest BCUT2D eigenvalue weighted by Crippen LogP contribution is 2.35. The molecule has 0 amide bonds. The lowest BCUT2D eigenvalue weighted by atomic mass is 9.81. The van der Waals surface area contributed by atoms with Gasteiger partial charge in [0.25, 0.3) is 0 Å². The van der Waals surface area contributed by atoms with Crippen LogP contribution in [0.3, 0.4) is 0 Å². The molecule has 1 saturated heterocycles. The van der Waals surface area contributed by atoms with E-state index in [0.717, 1.165) is 19.4 Å². The van der Waals surface area contributed by atoms with E-state index >= 15 is 0 Å². The maximum absolute atomic E-state index is 11.5. The largest absolute Gasteiger partial charge is 0.481 e. The minimum absolute atomic E-state index is 0.273. The molecular weight excluding hydrogens is 250 g/mol. The molecular formula is C17H25NO2. The van der Waals surface area contributed by atoms with Crippen molar-refractivity contribution in [3.05, 3.63) is 34.9 Å². The lowest BCUT2D eigenvalue weighted by molar-refractivity contribution is -0.151. The molecule has 3 heteroatoms. The molecule has 1 aromatic carbocycles. The number of carboxylic acids is 1. The third kappa shape index (κ3) is 2.88. The number of piperidine rings is 1. The second-order valence-corrected chi connectivity index (χ2v) is 6.48. The first-order valence-corrected chi connectivity index (χ1v) is 7.38. The highest BCUT2D eigenvalue weighted by Gasteiger charge is 2.39. The Morgan fingerprint density at radius 1 is 1.40 bits per heavy atom. The SMILES string of the molecule is Cc1ccc(C(C)N2CCCC(C)(C(=O)O)C2)c(C)c1. The molecule has 1 aliphatic heterocycles. The van der Waals surface area contributed by atoms with Gasteiger partial charge in [0.05, 0.1) is 5.41 Å². The molecule has 3 nitrogen and oxygen atoms in total. The fourth-order valence-electron chi connectivity index (χ4n) is 3.27. The molecule has 0 bridgehead atoms. The van der Waals surface area contributed by atoms with Gasteiger partial charge in [-0.1, -0.05) is 23.8 Å². The molecule has 110 valence electrons. The smallest absolute Gasteiger partial charge is 0.310 e. The Bertz CT molecular complexity index is 512. The van der Waals surface area contributed by atoms with Crippen molar-refractivity contribution in [2.75, 3.05) is 13.1 Å². The highest BCUT2D eigenvalue weighted by atomic mass is 16.4. The minimum Gasteiger partial charge on any atom is -0.481 e. The van der Waals surface area contributed by atoms with Crippen molar-refractivity contribution in [1.82, 2.24) is 4.90 Å². The van der Waals surface area contributed by atoms with Gasteiger partial charge in [-0.25, -0.2) is 0 Å². The fourth-order valence-corrected chi connectivity index (χ4v) is 3.27. The summed E-state index contributed by atoms with van der Waals surface area (Å²) in [6.45, 7) is 9.92. The summed E-state index contributed by atoms with van der Waals surface area (Å²) in [6, 6.07) is 6.79. The Hall–Kier alpha value is -1.35. The zero-order valence-corrected chi connectivity index (χ0v) is 12.9. The molecule has 20 heavy (non-hydrogen) atoms. The third-order valence-corrected chi connectivity index (χ3v) is 4.67. The number of carbonyl (C=O) groups is 1. The van der Waals surface area contributed by atoms with Gasteiger partial charge in [-0.2, -0.15) is 0 Å². The summed E-state index contributed by atoms with van der Waals surface area (Å²) < 4.78 is 0. The van der Waals surface area contributed by atoms with Gasteiger partial charge in [0, 0.05) is 12.6 Å². The predicted octanol–water partition coefficient (Wildman–Crippen LogP) is 3.55. The van der Waals surface area contributed by atoms with Crippen LogP contribution in [0.4, 0.5) is 0 Å². The van der Waals surface area contributed by atoms with Crippen LogP contribution in [0, 0.1) is 19.3 Å². The van der Waals surface area contributed by atoms with Crippen LogP contribution >= 0.6 is 0 Å². The number of likely N-dealkylation sites (tertiary alicyclic amines) is 1. The molecule has 0 radical (unpaired) electrons. The van der Waals surface area contributed by atoms with Gasteiger partial charge < -0.3 is 5.11 Å². The van der Waals surface area contributed by atoms with E-state index in [0.29, 0.717) is 6.54 Å². The summed E-state index contributed by atoms with van der Waals surface area (Å²) in [6.07, 6.45) is 1.73. The van der Waals surface area contributed by atoms with E-state index in [1.54, 1.807) is 0 Å². The molecule has 1 fully saturated rings. The van der Waals surface area contributed by atoms with E-state index in [1.807, 2.05) is 6.92 Å². The van der Waals surface area contributed by atoms with Crippen molar-refractivity contribution in [3.8, 4) is 0 Å². The predicted molar refractivity (Wildman–Crippen MR) is 80.9 cm³/mol. The van der Waals surface area contributed by atoms with E-state index in [9.17, 15) is 9.90 Å². The quantitative estimate of drug-likeness (QED) is 0.917. The van der Waals surface area contributed by atoms with Gasteiger partial charge in [-0.05, 0) is 58.2 Å². The average Bonchev–Trinajstić information content (AvgIpc) is 2.38. The lowest BCUT2D eigenvalue weighted by Crippen LogP contribution is -2.46. The van der Waals surface area contributed by atoms with E-state index < -0.39 is 11.4 Å². The molecule has 0 saturated carbocycles. The van der Waals surface area contributed by atoms with Crippen molar-refractivity contribution in [3.63, 3.8) is 0 Å². The Morgan fingerprint density at radius 3 is 2.70 bits per heavy atom. The molecule has 0 spiro atoms. The van der Waals surface area contributed by atoms with Crippen LogP contribution in [0.25, 0.3) is 0 Å². The molecule has 1 heterocycles. The van der Waals surface area contributed by atoms with E-state index in [2.05, 4.69) is 43.9 Å². The fraction of sp³-hybridized carbons (Fsp3) is 0.588. The molecule has 0 aromatic heterocycles. The summed E-state index contributed by atoms with van der Waals surface area (Å²) >= 11 is 0. The Morgan fingerprint density at radius 2 is 2.10 bits per heavy atom. The maximum atomic E-state index is 11.5. The summed E-state index contributed by atoms with van der Waals surface area (Å²) in [5.41, 5.74) is 3.27. The zero-order chi connectivity index (χ0) is 14.9. The number of aryl methyl sites for hydroxylation is 2. The van der Waals surface area contributed by atoms with Crippen LogP contribution in [0.15, 0.2) is 18.2 Å². The molecule has 1 aromatic rings. The number of carboxylic acid groups (broad SMARTS) is 1. The summed E-state index contributed by atoms with van der Waals surface area (Å²) in [4.78, 5) is 13.8. The molecule has 1 aliphatic rings. The van der Waals surface area contributed by atoms with Crippen molar-refractivity contribution < 1.29 is 9.90 Å². The van der Waals surface area contributed by atoms with Gasteiger partial charge >= 0.3 is 5.97 Å². The van der Waals surface area contributed by atoms with Crippen molar-refractivity contribution in [2.45, 2.75) is 46.6 Å². The van der Waals surface area contributed by atoms with Crippen LogP contribution in [0.5, 0.6) is 0 Å². The van der Waals surface area contributed by atoms with Gasteiger partial charge in [0.1, 0.15) is 0 Å². The van der Waals surface area contributed by atoms with Crippen LogP contribution in [-0.2, 0) is 4.79 Å². The first-order chi connectivity index (χ1) is 9.33. The Balaban J connectivity index is 2.20. The Kier molecular flexibility index (Phi) is 4.19. The van der Waals surface area contributed by atoms with Gasteiger partial charge in [0.2, 0.25) is 0 Å². The topological polar surface area (TPSA) is 40.5 Å². The van der Waals surface area contributed by atoms with Crippen molar-refractivity contribution in [1.29, 1.82) is 0 Å². The number of hydrogen-bond acceptors (Lipinski definition) is 2. The van der Waals surface area contributed by atoms with Crippen LogP contribution in [0.1, 0.15) is 49.4 Å². The summed E-state index contributed by atoms with van der Waals surface area (Å²) in [7, 11) is 0. The van der Waals surface area contributed by atoms with Crippen LogP contribution in [0.2, 0.25) is 0 Å². The van der Waals surface area contributed by atoms with Gasteiger partial charge in [0.15, 0.2) is 0 Å². The Labute approximate surface area is 121 Å². The second kappa shape index (κ2) is 5.57. The summed E-state index contributed by atoms with van der Waals surface area (Å²) in [5.74, 6) is -0.671. The standard InChI is InChI=1S/C17H25NO2/c1-12-6-7-15(13(2)10-12)14(3)18-9-5-8-17(4,11-18)16(19)20/h6-7,10,14H,5,8-9,11H2,1-4H3,(H,19,20). The second-order valence-electron chi connectivity index (χ2n) is 6.48. The number of rotatable bonds is 3. The van der Waals surface area contributed by atoms with Gasteiger partial charge in [-0.3, -0.25) is 9.69 Å². The van der Waals surface area contributed by atoms with E-state index in [-0.39, 0.29) is 6.04 Å². The normalized spacial score (nSPS) is 25.4. The zero-order valence-electron chi connectivity index (χ0n) is 12.9.